The van der Waals surface area contributed by atoms with Gasteiger partial charge in [0, 0.05) is 12.5 Å². The third kappa shape index (κ3) is 2.96. The molecule has 0 unspecified atom stereocenters. The first-order valence-corrected chi connectivity index (χ1v) is 6.88. The zero-order valence-corrected chi connectivity index (χ0v) is 12.0. The van der Waals surface area contributed by atoms with Crippen molar-refractivity contribution in [2.24, 2.45) is 0 Å². The number of ketones is 1. The zero-order chi connectivity index (χ0) is 13.3. The summed E-state index contributed by atoms with van der Waals surface area (Å²) in [5.41, 5.74) is 0.169. The molecular formula is C12H6BrClF2OS. The van der Waals surface area contributed by atoms with E-state index in [1.165, 1.54) is 23.5 Å². The van der Waals surface area contributed by atoms with Crippen LogP contribution in [0.3, 0.4) is 0 Å². The predicted molar refractivity (Wildman–Crippen MR) is 71.4 cm³/mol. The molecule has 1 aromatic carbocycles. The van der Waals surface area contributed by atoms with Crippen molar-refractivity contribution in [1.29, 1.82) is 0 Å². The van der Waals surface area contributed by atoms with Gasteiger partial charge in [0.1, 0.15) is 11.6 Å². The minimum absolute atomic E-state index is 0.116. The predicted octanol–water partition coefficient (Wildman–Crippen LogP) is 4.87. The van der Waals surface area contributed by atoms with E-state index >= 15 is 0 Å². The quantitative estimate of drug-likeness (QED) is 0.721. The van der Waals surface area contributed by atoms with Gasteiger partial charge in [-0.05, 0) is 33.6 Å². The van der Waals surface area contributed by atoms with Gasteiger partial charge in [-0.1, -0.05) is 17.7 Å². The third-order valence-electron chi connectivity index (χ3n) is 2.29. The van der Waals surface area contributed by atoms with Crippen molar-refractivity contribution in [3.8, 4) is 0 Å². The molecule has 6 heteroatoms. The van der Waals surface area contributed by atoms with Crippen molar-refractivity contribution in [3.63, 3.8) is 0 Å². The Morgan fingerprint density at radius 1 is 1.33 bits per heavy atom. The third-order valence-corrected chi connectivity index (χ3v) is 4.80. The molecule has 0 fully saturated rings. The van der Waals surface area contributed by atoms with E-state index in [2.05, 4.69) is 15.9 Å². The molecule has 0 radical (unpaired) electrons. The van der Waals surface area contributed by atoms with Gasteiger partial charge in [-0.25, -0.2) is 8.78 Å². The van der Waals surface area contributed by atoms with Crippen molar-refractivity contribution < 1.29 is 13.6 Å². The Labute approximate surface area is 120 Å². The summed E-state index contributed by atoms with van der Waals surface area (Å²) in [5.74, 6) is -1.63. The minimum atomic E-state index is -0.718. The molecule has 1 aromatic heterocycles. The molecule has 18 heavy (non-hydrogen) atoms. The van der Waals surface area contributed by atoms with Crippen LogP contribution in [-0.2, 0) is 6.42 Å². The van der Waals surface area contributed by atoms with Gasteiger partial charge < -0.3 is 0 Å². The second kappa shape index (κ2) is 5.47. The van der Waals surface area contributed by atoms with Gasteiger partial charge in [-0.3, -0.25) is 4.79 Å². The largest absolute Gasteiger partial charge is 0.293 e. The lowest BCUT2D eigenvalue weighted by atomic mass is 10.1. The lowest BCUT2D eigenvalue weighted by Crippen LogP contribution is -2.03. The van der Waals surface area contributed by atoms with Crippen LogP contribution in [-0.4, -0.2) is 5.78 Å². The number of hydrogen-bond acceptors (Lipinski definition) is 2. The Kier molecular flexibility index (Phi) is 4.14. The summed E-state index contributed by atoms with van der Waals surface area (Å²) >= 11 is 10.2. The van der Waals surface area contributed by atoms with Gasteiger partial charge in [0.2, 0.25) is 0 Å². The van der Waals surface area contributed by atoms with Gasteiger partial charge in [0.25, 0.3) is 0 Å². The normalized spacial score (nSPS) is 10.7. The number of benzene rings is 1. The lowest BCUT2D eigenvalue weighted by molar-refractivity contribution is 0.0995. The molecule has 0 bridgehead atoms. The second-order valence-electron chi connectivity index (χ2n) is 3.57. The van der Waals surface area contributed by atoms with Crippen molar-refractivity contribution in [1.82, 2.24) is 0 Å². The summed E-state index contributed by atoms with van der Waals surface area (Å²) in [6.45, 7) is 0. The van der Waals surface area contributed by atoms with Crippen LogP contribution in [0.4, 0.5) is 8.78 Å². The number of carbonyl (C=O) groups excluding carboxylic acids is 1. The van der Waals surface area contributed by atoms with Crippen LogP contribution in [0, 0.1) is 11.6 Å². The van der Waals surface area contributed by atoms with Crippen LogP contribution < -0.4 is 0 Å². The van der Waals surface area contributed by atoms with Crippen LogP contribution in [0.15, 0.2) is 28.1 Å². The molecule has 1 nitrogen and oxygen atoms in total. The fourth-order valence-electron chi connectivity index (χ4n) is 1.41. The SMILES string of the molecule is O=C(Cc1ccc(F)cc1F)c1cc(Cl)c(Br)s1. The van der Waals surface area contributed by atoms with Crippen LogP contribution in [0.5, 0.6) is 0 Å². The van der Waals surface area contributed by atoms with E-state index in [1.807, 2.05) is 0 Å². The van der Waals surface area contributed by atoms with Crippen LogP contribution in [0.2, 0.25) is 5.02 Å². The van der Waals surface area contributed by atoms with Crippen molar-refractivity contribution in [3.05, 3.63) is 55.1 Å². The Bertz CT molecular complexity index is 593. The molecule has 0 saturated heterocycles. The Hall–Kier alpha value is -0.780. The van der Waals surface area contributed by atoms with E-state index in [-0.39, 0.29) is 17.8 Å². The van der Waals surface area contributed by atoms with Crippen LogP contribution in [0.25, 0.3) is 0 Å². The topological polar surface area (TPSA) is 17.1 Å². The van der Waals surface area contributed by atoms with Crippen molar-refractivity contribution in [2.75, 3.05) is 0 Å². The maximum atomic E-state index is 13.4. The number of rotatable bonds is 3. The Morgan fingerprint density at radius 2 is 2.06 bits per heavy atom. The molecule has 94 valence electrons. The number of Topliss-reactive ketones (excluding diaryl/α,β-unsaturated/α-hetero) is 1. The summed E-state index contributed by atoms with van der Waals surface area (Å²) < 4.78 is 26.8. The monoisotopic (exact) mass is 350 g/mol. The van der Waals surface area contributed by atoms with Gasteiger partial charge >= 0.3 is 0 Å². The molecule has 0 aliphatic rings. The Morgan fingerprint density at radius 3 is 2.61 bits per heavy atom. The molecule has 0 atom stereocenters. The average Bonchev–Trinajstić information content (AvgIpc) is 2.63. The first-order valence-electron chi connectivity index (χ1n) is 4.89. The maximum absolute atomic E-state index is 13.4. The molecule has 0 saturated carbocycles. The molecule has 2 aromatic rings. The second-order valence-corrected chi connectivity index (χ2v) is 6.35. The first-order chi connectivity index (χ1) is 8.47. The summed E-state index contributed by atoms with van der Waals surface area (Å²) in [7, 11) is 0. The highest BCUT2D eigenvalue weighted by atomic mass is 79.9. The van der Waals surface area contributed by atoms with E-state index in [1.54, 1.807) is 0 Å². The first kappa shape index (κ1) is 13.6. The highest BCUT2D eigenvalue weighted by Crippen LogP contribution is 2.32. The molecule has 0 N–H and O–H groups in total. The molecule has 0 amide bonds. The van der Waals surface area contributed by atoms with Gasteiger partial charge in [-0.2, -0.15) is 0 Å². The summed E-state index contributed by atoms with van der Waals surface area (Å²) in [5, 5.41) is 0.447. The van der Waals surface area contributed by atoms with E-state index in [0.717, 1.165) is 12.1 Å². The molecule has 0 spiro atoms. The minimum Gasteiger partial charge on any atom is -0.293 e. The zero-order valence-electron chi connectivity index (χ0n) is 8.84. The van der Waals surface area contributed by atoms with Crippen LogP contribution >= 0.6 is 38.9 Å². The number of carbonyl (C=O) groups is 1. The summed E-state index contributed by atoms with van der Waals surface area (Å²) in [6.07, 6.45) is -0.116. The molecule has 2 rings (SSSR count). The molecule has 0 aliphatic carbocycles. The molecule has 1 heterocycles. The fraction of sp³-hybridized carbons (Fsp3) is 0.0833. The van der Waals surface area contributed by atoms with Gasteiger partial charge in [0.15, 0.2) is 5.78 Å². The fourth-order valence-corrected chi connectivity index (χ4v) is 3.05. The lowest BCUT2D eigenvalue weighted by Gasteiger charge is -2.01. The van der Waals surface area contributed by atoms with Crippen molar-refractivity contribution >= 4 is 44.7 Å². The van der Waals surface area contributed by atoms with E-state index < -0.39 is 11.6 Å². The Balaban J connectivity index is 2.21. The van der Waals surface area contributed by atoms with Gasteiger partial charge in [-0.15, -0.1) is 11.3 Å². The highest BCUT2D eigenvalue weighted by Gasteiger charge is 2.15. The average molecular weight is 352 g/mol. The van der Waals surface area contributed by atoms with Crippen LogP contribution in [0.1, 0.15) is 15.2 Å². The van der Waals surface area contributed by atoms with E-state index in [9.17, 15) is 13.6 Å². The number of halogens is 4. The number of thiophene rings is 1. The molecule has 0 aliphatic heterocycles. The smallest absolute Gasteiger partial charge is 0.177 e. The van der Waals surface area contributed by atoms with E-state index in [0.29, 0.717) is 13.7 Å². The maximum Gasteiger partial charge on any atom is 0.177 e. The van der Waals surface area contributed by atoms with Gasteiger partial charge in [0.05, 0.1) is 13.7 Å². The van der Waals surface area contributed by atoms with Crippen molar-refractivity contribution in [2.45, 2.75) is 6.42 Å². The summed E-state index contributed by atoms with van der Waals surface area (Å²) in [4.78, 5) is 12.3. The summed E-state index contributed by atoms with van der Waals surface area (Å²) in [6, 6.07) is 4.69. The highest BCUT2D eigenvalue weighted by molar-refractivity contribution is 9.11. The van der Waals surface area contributed by atoms with E-state index in [4.69, 9.17) is 11.6 Å². The standard InChI is InChI=1S/C12H6BrClF2OS/c13-12-8(14)5-11(18-12)10(17)3-6-1-2-7(15)4-9(6)16/h1-2,4-5H,3H2. The number of hydrogen-bond donors (Lipinski definition) is 0. The molecular weight excluding hydrogens is 346 g/mol.